The fourth-order valence-corrected chi connectivity index (χ4v) is 1.34. The predicted molar refractivity (Wildman–Crippen MR) is 62.5 cm³/mol. The molecular formula is C13H18O3. The summed E-state index contributed by atoms with van der Waals surface area (Å²) in [5, 5.41) is 8.99. The summed E-state index contributed by atoms with van der Waals surface area (Å²) in [6.07, 6.45) is -0.108. The maximum atomic E-state index is 11.5. The second kappa shape index (κ2) is 5.66. The molecule has 1 N–H and O–H groups in total. The van der Waals surface area contributed by atoms with E-state index in [1.165, 1.54) is 0 Å². The second-order valence-corrected chi connectivity index (χ2v) is 4.16. The van der Waals surface area contributed by atoms with Gasteiger partial charge in [-0.1, -0.05) is 19.1 Å². The molecule has 0 amide bonds. The van der Waals surface area contributed by atoms with Crippen molar-refractivity contribution < 1.29 is 14.6 Å². The number of carbonyl (C=O) groups excluding carboxylic acids is 1. The molecule has 0 heterocycles. The molecule has 1 atom stereocenters. The minimum atomic E-state index is -0.307. The molecule has 1 aromatic carbocycles. The van der Waals surface area contributed by atoms with Crippen LogP contribution in [-0.2, 0) is 4.74 Å². The minimum Gasteiger partial charge on any atom is -0.459 e. The molecule has 88 valence electrons. The van der Waals surface area contributed by atoms with Crippen LogP contribution in [0.1, 0.15) is 42.6 Å². The molecule has 0 saturated heterocycles. The van der Waals surface area contributed by atoms with Gasteiger partial charge >= 0.3 is 5.97 Å². The first-order valence-electron chi connectivity index (χ1n) is 5.46. The van der Waals surface area contributed by atoms with E-state index >= 15 is 0 Å². The molecule has 16 heavy (non-hydrogen) atoms. The van der Waals surface area contributed by atoms with E-state index in [-0.39, 0.29) is 24.6 Å². The number of benzene rings is 1. The number of aliphatic hydroxyl groups excluding tert-OH is 1. The Morgan fingerprint density at radius 2 is 1.81 bits per heavy atom. The maximum absolute atomic E-state index is 11.5. The van der Waals surface area contributed by atoms with Crippen LogP contribution in [0.2, 0.25) is 0 Å². The smallest absolute Gasteiger partial charge is 0.338 e. The van der Waals surface area contributed by atoms with Crippen LogP contribution in [0.5, 0.6) is 0 Å². The van der Waals surface area contributed by atoms with Crippen molar-refractivity contribution in [1.29, 1.82) is 0 Å². The summed E-state index contributed by atoms with van der Waals surface area (Å²) in [5.74, 6) is -0.214. The van der Waals surface area contributed by atoms with Gasteiger partial charge in [0.2, 0.25) is 0 Å². The Bertz CT molecular complexity index is 341. The van der Waals surface area contributed by atoms with Gasteiger partial charge in [-0.3, -0.25) is 0 Å². The van der Waals surface area contributed by atoms with Gasteiger partial charge in [-0.2, -0.15) is 0 Å². The van der Waals surface area contributed by atoms with Gasteiger partial charge in [0.1, 0.15) is 0 Å². The van der Waals surface area contributed by atoms with E-state index in [0.29, 0.717) is 5.56 Å². The van der Waals surface area contributed by atoms with Gasteiger partial charge in [-0.05, 0) is 31.5 Å². The predicted octanol–water partition coefficient (Wildman–Crippen LogP) is 2.35. The van der Waals surface area contributed by atoms with E-state index in [2.05, 4.69) is 0 Å². The Kier molecular flexibility index (Phi) is 4.50. The highest BCUT2D eigenvalue weighted by atomic mass is 16.5. The molecule has 0 bridgehead atoms. The molecule has 3 heteroatoms. The molecule has 0 saturated carbocycles. The third-order valence-electron chi connectivity index (χ3n) is 2.33. The third-order valence-corrected chi connectivity index (χ3v) is 2.33. The minimum absolute atomic E-state index is 0.0927. The van der Waals surface area contributed by atoms with E-state index in [4.69, 9.17) is 9.84 Å². The van der Waals surface area contributed by atoms with Crippen LogP contribution in [0.25, 0.3) is 0 Å². The van der Waals surface area contributed by atoms with Crippen molar-refractivity contribution >= 4 is 5.97 Å². The molecule has 0 aromatic heterocycles. The summed E-state index contributed by atoms with van der Waals surface area (Å²) in [5.41, 5.74) is 1.56. The number of esters is 1. The lowest BCUT2D eigenvalue weighted by molar-refractivity contribution is 0.0378. The Labute approximate surface area is 96.1 Å². The largest absolute Gasteiger partial charge is 0.459 e. The first kappa shape index (κ1) is 12.7. The number of carbonyl (C=O) groups is 1. The highest BCUT2D eigenvalue weighted by Gasteiger charge is 2.10. The van der Waals surface area contributed by atoms with Crippen LogP contribution in [0.4, 0.5) is 0 Å². The van der Waals surface area contributed by atoms with E-state index < -0.39 is 0 Å². The van der Waals surface area contributed by atoms with Gasteiger partial charge in [0.25, 0.3) is 0 Å². The van der Waals surface area contributed by atoms with Gasteiger partial charge in [0, 0.05) is 12.5 Å². The number of rotatable bonds is 4. The van der Waals surface area contributed by atoms with Crippen LogP contribution in [0.3, 0.4) is 0 Å². The topological polar surface area (TPSA) is 46.5 Å². The van der Waals surface area contributed by atoms with Crippen molar-refractivity contribution in [2.75, 3.05) is 6.61 Å². The summed E-state index contributed by atoms with van der Waals surface area (Å²) >= 11 is 0. The zero-order chi connectivity index (χ0) is 12.1. The first-order valence-corrected chi connectivity index (χ1v) is 5.46. The fraction of sp³-hybridized carbons (Fsp3) is 0.462. The summed E-state index contributed by atoms with van der Waals surface area (Å²) < 4.78 is 5.07. The van der Waals surface area contributed by atoms with E-state index in [1.807, 2.05) is 32.9 Å². The van der Waals surface area contributed by atoms with Crippen molar-refractivity contribution in [2.24, 2.45) is 0 Å². The molecule has 0 aliphatic carbocycles. The molecule has 0 spiro atoms. The lowest BCUT2D eigenvalue weighted by Gasteiger charge is -2.10. The molecule has 3 nitrogen and oxygen atoms in total. The average Bonchev–Trinajstić information content (AvgIpc) is 2.27. The summed E-state index contributed by atoms with van der Waals surface area (Å²) in [7, 11) is 0. The van der Waals surface area contributed by atoms with Crippen molar-refractivity contribution in [2.45, 2.75) is 32.8 Å². The first-order chi connectivity index (χ1) is 7.54. The SMILES string of the molecule is CC(C)OC(=O)c1ccc(C(C)CO)cc1. The summed E-state index contributed by atoms with van der Waals surface area (Å²) in [4.78, 5) is 11.5. The maximum Gasteiger partial charge on any atom is 0.338 e. The second-order valence-electron chi connectivity index (χ2n) is 4.16. The van der Waals surface area contributed by atoms with Crippen molar-refractivity contribution in [3.63, 3.8) is 0 Å². The quantitative estimate of drug-likeness (QED) is 0.795. The van der Waals surface area contributed by atoms with Gasteiger partial charge in [0.15, 0.2) is 0 Å². The highest BCUT2D eigenvalue weighted by molar-refractivity contribution is 5.89. The molecule has 1 aromatic rings. The fourth-order valence-electron chi connectivity index (χ4n) is 1.34. The molecular weight excluding hydrogens is 204 g/mol. The number of hydrogen-bond acceptors (Lipinski definition) is 3. The Balaban J connectivity index is 2.74. The number of aliphatic hydroxyl groups is 1. The van der Waals surface area contributed by atoms with Crippen LogP contribution < -0.4 is 0 Å². The zero-order valence-electron chi connectivity index (χ0n) is 9.93. The average molecular weight is 222 g/mol. The Morgan fingerprint density at radius 3 is 2.25 bits per heavy atom. The van der Waals surface area contributed by atoms with Crippen LogP contribution in [0.15, 0.2) is 24.3 Å². The monoisotopic (exact) mass is 222 g/mol. The normalized spacial score (nSPS) is 12.6. The zero-order valence-corrected chi connectivity index (χ0v) is 9.93. The lowest BCUT2D eigenvalue weighted by atomic mass is 10.0. The summed E-state index contributed by atoms with van der Waals surface area (Å²) in [6.45, 7) is 5.68. The van der Waals surface area contributed by atoms with Crippen LogP contribution in [0, 0.1) is 0 Å². The van der Waals surface area contributed by atoms with E-state index in [1.54, 1.807) is 12.1 Å². The summed E-state index contributed by atoms with van der Waals surface area (Å²) in [6, 6.07) is 7.15. The molecule has 1 rings (SSSR count). The van der Waals surface area contributed by atoms with Crippen molar-refractivity contribution in [1.82, 2.24) is 0 Å². The third kappa shape index (κ3) is 3.35. The standard InChI is InChI=1S/C13H18O3/c1-9(2)16-13(15)12-6-4-11(5-7-12)10(3)8-14/h4-7,9-10,14H,8H2,1-3H3. The van der Waals surface area contributed by atoms with Gasteiger partial charge in [-0.15, -0.1) is 0 Å². The van der Waals surface area contributed by atoms with Crippen molar-refractivity contribution in [3.8, 4) is 0 Å². The number of hydrogen-bond donors (Lipinski definition) is 1. The lowest BCUT2D eigenvalue weighted by Crippen LogP contribution is -2.11. The molecule has 0 aliphatic rings. The molecule has 1 unspecified atom stereocenters. The Morgan fingerprint density at radius 1 is 1.25 bits per heavy atom. The van der Waals surface area contributed by atoms with Crippen LogP contribution >= 0.6 is 0 Å². The molecule has 0 aliphatic heterocycles. The number of ether oxygens (including phenoxy) is 1. The Hall–Kier alpha value is -1.35. The van der Waals surface area contributed by atoms with Crippen LogP contribution in [-0.4, -0.2) is 23.8 Å². The van der Waals surface area contributed by atoms with Crippen molar-refractivity contribution in [3.05, 3.63) is 35.4 Å². The molecule has 0 fully saturated rings. The molecule has 0 radical (unpaired) electrons. The van der Waals surface area contributed by atoms with Gasteiger partial charge < -0.3 is 9.84 Å². The van der Waals surface area contributed by atoms with E-state index in [9.17, 15) is 4.79 Å². The van der Waals surface area contributed by atoms with Gasteiger partial charge in [0.05, 0.1) is 11.7 Å². The van der Waals surface area contributed by atoms with Gasteiger partial charge in [-0.25, -0.2) is 4.79 Å². The van der Waals surface area contributed by atoms with E-state index in [0.717, 1.165) is 5.56 Å². The highest BCUT2D eigenvalue weighted by Crippen LogP contribution is 2.15.